The molecule has 0 rings (SSSR count). The quantitative estimate of drug-likeness (QED) is 0.398. The molecule has 2 radical (unpaired) electrons. The smallest absolute Gasteiger partial charge is 0.269 e. The van der Waals surface area contributed by atoms with Gasteiger partial charge in [0.2, 0.25) is 0 Å². The van der Waals surface area contributed by atoms with Crippen molar-refractivity contribution in [1.82, 2.24) is 0 Å². The van der Waals surface area contributed by atoms with Gasteiger partial charge in [0, 0.05) is 0 Å². The number of hydrogen-bond donors (Lipinski definition) is 0. The van der Waals surface area contributed by atoms with E-state index < -0.39 is 0 Å². The average Bonchev–Trinajstić information content (AvgIpc) is 1.89. The molecule has 0 bridgehead atoms. The molecule has 86 valence electrons. The summed E-state index contributed by atoms with van der Waals surface area (Å²) in [5, 5.41) is 0. The predicted octanol–water partition coefficient (Wildman–Crippen LogP) is 3.74. The maximum absolute atomic E-state index is 2.29. The van der Waals surface area contributed by atoms with Gasteiger partial charge in [-0.05, 0) is 0 Å². The van der Waals surface area contributed by atoms with Crippen LogP contribution in [-0.2, 0) is 0 Å². The third kappa shape index (κ3) is 32.6. The molecule has 0 saturated carbocycles. The van der Waals surface area contributed by atoms with Crippen molar-refractivity contribution in [1.29, 1.82) is 0 Å². The van der Waals surface area contributed by atoms with E-state index in [0.29, 0.717) is 0 Å². The first-order chi connectivity index (χ1) is 4.41. The summed E-state index contributed by atoms with van der Waals surface area (Å²) in [6.45, 7) is 4.58. The second-order valence-corrected chi connectivity index (χ2v) is 6.74. The van der Waals surface area contributed by atoms with Crippen molar-refractivity contribution in [2.24, 2.45) is 0 Å². The molecule has 0 spiro atoms. The summed E-state index contributed by atoms with van der Waals surface area (Å²) in [6.07, 6.45) is 5.84. The zero-order chi connectivity index (χ0) is 6.95. The Morgan fingerprint density at radius 3 is 1.23 bits per heavy atom. The average molecular weight is 313 g/mol. The molecule has 0 heterocycles. The molecule has 0 aromatic heterocycles. The Morgan fingerprint density at radius 2 is 1.00 bits per heavy atom. The van der Waals surface area contributed by atoms with Crippen LogP contribution in [0.25, 0.3) is 0 Å². The predicted molar refractivity (Wildman–Crippen MR) is 55.2 cm³/mol. The van der Waals surface area contributed by atoms with Crippen LogP contribution in [0.15, 0.2) is 0 Å². The maximum Gasteiger partial charge on any atom is -0.269 e. The van der Waals surface area contributed by atoms with E-state index in [0.717, 1.165) is 0 Å². The summed E-state index contributed by atoms with van der Waals surface area (Å²) < 4.78 is 3.25. The third-order valence-corrected chi connectivity index (χ3v) is 5.45. The van der Waals surface area contributed by atoms with Crippen molar-refractivity contribution in [2.75, 3.05) is 0 Å². The third-order valence-electron chi connectivity index (χ3n) is 1.41. The van der Waals surface area contributed by atoms with Crippen molar-refractivity contribution < 1.29 is 18.8 Å². The minimum absolute atomic E-state index is 0. The molecule has 0 aromatic rings. The van der Waals surface area contributed by atoms with Gasteiger partial charge in [0.05, 0.1) is 0 Å². The Labute approximate surface area is 88.6 Å². The van der Waals surface area contributed by atoms with Gasteiger partial charge in [-0.15, -0.1) is 0 Å². The molecule has 0 aromatic carbocycles. The molecule has 13 heavy (non-hydrogen) atoms. The van der Waals surface area contributed by atoms with Gasteiger partial charge in [-0.3, -0.25) is 18.8 Å². The van der Waals surface area contributed by atoms with Crippen LogP contribution in [0, 0.1) is 0 Å². The topological polar surface area (TPSA) is 0 Å². The van der Waals surface area contributed by atoms with E-state index in [1.54, 1.807) is 8.87 Å². The standard InChI is InChI=1S/2C4H9.4FH.Sn/c2*1-3-4-2;;;;;/h2*1,3-4H2,2H3;4*1H;. The summed E-state index contributed by atoms with van der Waals surface area (Å²) >= 11 is 0.149. The van der Waals surface area contributed by atoms with E-state index in [4.69, 9.17) is 0 Å². The summed E-state index contributed by atoms with van der Waals surface area (Å²) in [5.41, 5.74) is 0. The van der Waals surface area contributed by atoms with Gasteiger partial charge in [0.15, 0.2) is 0 Å². The van der Waals surface area contributed by atoms with Crippen molar-refractivity contribution in [3.63, 3.8) is 0 Å². The van der Waals surface area contributed by atoms with Crippen molar-refractivity contribution in [3.8, 4) is 0 Å². The van der Waals surface area contributed by atoms with Gasteiger partial charge < -0.3 is 0 Å². The van der Waals surface area contributed by atoms with Gasteiger partial charge in [-0.1, -0.05) is 0 Å². The Morgan fingerprint density at radius 1 is 0.692 bits per heavy atom. The van der Waals surface area contributed by atoms with Crippen molar-refractivity contribution in [3.05, 3.63) is 0 Å². The largest absolute Gasteiger partial charge is 0.269 e. The molecular formula is C8H22F4Sn. The van der Waals surface area contributed by atoms with E-state index in [9.17, 15) is 0 Å². The molecule has 5 heteroatoms. The normalized spacial score (nSPS) is 6.92. The van der Waals surface area contributed by atoms with E-state index in [2.05, 4.69) is 13.8 Å². The van der Waals surface area contributed by atoms with E-state index in [-0.39, 0.29) is 40.0 Å². The molecule has 0 atom stereocenters. The van der Waals surface area contributed by atoms with Crippen LogP contribution in [0.3, 0.4) is 0 Å². The van der Waals surface area contributed by atoms with Crippen molar-refractivity contribution in [2.45, 2.75) is 48.4 Å². The van der Waals surface area contributed by atoms with Crippen LogP contribution < -0.4 is 0 Å². The fraction of sp³-hybridized carbons (Fsp3) is 1.00. The summed E-state index contributed by atoms with van der Waals surface area (Å²) in [6, 6.07) is 0. The van der Waals surface area contributed by atoms with Crippen molar-refractivity contribution >= 4 is 21.1 Å². The Kier molecular flexibility index (Phi) is 66.0. The van der Waals surface area contributed by atoms with Crippen LogP contribution >= 0.6 is 0 Å². The molecule has 0 nitrogen and oxygen atoms in total. The van der Waals surface area contributed by atoms with Gasteiger partial charge >= 0.3 is 69.5 Å². The van der Waals surface area contributed by atoms with Crippen LogP contribution in [0.4, 0.5) is 18.8 Å². The zero-order valence-corrected chi connectivity index (χ0v) is 11.2. The first kappa shape index (κ1) is 29.2. The maximum atomic E-state index is 2.29. The molecule has 0 N–H and O–H groups in total. The molecular weight excluding hydrogens is 291 g/mol. The van der Waals surface area contributed by atoms with E-state index in [1.807, 2.05) is 0 Å². The van der Waals surface area contributed by atoms with Crippen LogP contribution in [0.5, 0.6) is 0 Å². The second kappa shape index (κ2) is 29.4. The van der Waals surface area contributed by atoms with Gasteiger partial charge in [-0.25, -0.2) is 0 Å². The number of halogens is 4. The first-order valence-electron chi connectivity index (χ1n) is 4.12. The summed E-state index contributed by atoms with van der Waals surface area (Å²) in [7, 11) is 0. The van der Waals surface area contributed by atoms with Gasteiger partial charge in [-0.2, -0.15) is 0 Å². The Bertz CT molecular complexity index is 49.4. The fourth-order valence-electron chi connectivity index (χ4n) is 0.729. The zero-order valence-electron chi connectivity index (χ0n) is 8.38. The minimum Gasteiger partial charge on any atom is -0.269 e. The van der Waals surface area contributed by atoms with E-state index in [1.165, 1.54) is 25.7 Å². The summed E-state index contributed by atoms with van der Waals surface area (Å²) in [5.74, 6) is 0. The molecule has 0 saturated heterocycles. The van der Waals surface area contributed by atoms with Crippen LogP contribution in [0.2, 0.25) is 8.87 Å². The van der Waals surface area contributed by atoms with Gasteiger partial charge in [0.1, 0.15) is 0 Å². The molecule has 0 amide bonds. The number of rotatable bonds is 6. The van der Waals surface area contributed by atoms with Gasteiger partial charge in [0.25, 0.3) is 0 Å². The summed E-state index contributed by atoms with van der Waals surface area (Å²) in [4.78, 5) is 0. The first-order valence-corrected chi connectivity index (χ1v) is 8.16. The molecule has 0 unspecified atom stereocenters. The van der Waals surface area contributed by atoms with E-state index >= 15 is 0 Å². The SMILES string of the molecule is CCC[CH2][Sn][CH2]CCC.F.F.F.F. The second-order valence-electron chi connectivity index (χ2n) is 2.46. The number of hydrogen-bond acceptors (Lipinski definition) is 0. The number of unbranched alkanes of at least 4 members (excludes halogenated alkanes) is 2. The minimum atomic E-state index is 0. The fourth-order valence-corrected chi connectivity index (χ4v) is 4.89. The molecule has 0 aliphatic carbocycles. The monoisotopic (exact) mass is 314 g/mol. The van der Waals surface area contributed by atoms with Crippen LogP contribution in [-0.4, -0.2) is 21.1 Å². The van der Waals surface area contributed by atoms with Crippen LogP contribution in [0.1, 0.15) is 39.5 Å². The molecule has 0 aliphatic rings. The Balaban J connectivity index is -0.0000000533. The molecule has 0 fully saturated rings. The molecule has 0 aliphatic heterocycles. The Hall–Kier alpha value is 0.519.